The quantitative estimate of drug-likeness (QED) is 0.869. The number of rotatable bonds is 6. The van der Waals surface area contributed by atoms with Crippen LogP contribution in [0.15, 0.2) is 48.5 Å². The van der Waals surface area contributed by atoms with Gasteiger partial charge in [0.15, 0.2) is 0 Å². The Kier molecular flexibility index (Phi) is 5.99. The van der Waals surface area contributed by atoms with Crippen LogP contribution in [0.5, 0.6) is 5.75 Å². The lowest BCUT2D eigenvalue weighted by atomic mass is 10.2. The van der Waals surface area contributed by atoms with Crippen molar-refractivity contribution >= 4 is 17.5 Å². The first-order valence-electron chi connectivity index (χ1n) is 7.21. The Morgan fingerprint density at radius 3 is 2.48 bits per heavy atom. The second-order valence-electron chi connectivity index (χ2n) is 5.12. The van der Waals surface area contributed by atoms with E-state index in [1.54, 1.807) is 0 Å². The molecule has 0 fully saturated rings. The Labute approximate surface area is 142 Å². The number of nitrogens with zero attached hydrogens (tertiary/aromatic N) is 1. The number of carbonyl (C=O) groups is 2. The van der Waals surface area contributed by atoms with E-state index >= 15 is 0 Å². The van der Waals surface area contributed by atoms with E-state index in [0.717, 1.165) is 4.90 Å². The first kappa shape index (κ1) is 18.3. The molecule has 0 saturated heterocycles. The summed E-state index contributed by atoms with van der Waals surface area (Å²) in [6.07, 6.45) is 0. The van der Waals surface area contributed by atoms with Crippen LogP contribution in [-0.2, 0) is 4.79 Å². The largest absolute Gasteiger partial charge is 0.435 e. The van der Waals surface area contributed by atoms with Crippen LogP contribution in [0.3, 0.4) is 0 Å². The molecule has 2 aromatic rings. The van der Waals surface area contributed by atoms with Gasteiger partial charge in [0, 0.05) is 18.3 Å². The lowest BCUT2D eigenvalue weighted by molar-refractivity contribution is -0.116. The van der Waals surface area contributed by atoms with E-state index in [4.69, 9.17) is 0 Å². The number of nitrogens with one attached hydrogen (secondary N) is 1. The second-order valence-corrected chi connectivity index (χ2v) is 5.12. The minimum Gasteiger partial charge on any atom is -0.435 e. The molecule has 0 saturated carbocycles. The highest BCUT2D eigenvalue weighted by Crippen LogP contribution is 2.17. The Morgan fingerprint density at radius 1 is 1.16 bits per heavy atom. The van der Waals surface area contributed by atoms with Crippen molar-refractivity contribution in [1.29, 1.82) is 0 Å². The fraction of sp³-hybridized carbons (Fsp3) is 0.176. The minimum absolute atomic E-state index is 0.107. The monoisotopic (exact) mass is 352 g/mol. The zero-order valence-electron chi connectivity index (χ0n) is 13.2. The van der Waals surface area contributed by atoms with Crippen LogP contribution in [0.4, 0.5) is 18.9 Å². The van der Waals surface area contributed by atoms with Gasteiger partial charge in [-0.2, -0.15) is 8.78 Å². The molecule has 0 bridgehead atoms. The molecule has 0 aliphatic rings. The maximum absolute atomic E-state index is 12.8. The van der Waals surface area contributed by atoms with E-state index in [1.165, 1.54) is 55.6 Å². The van der Waals surface area contributed by atoms with Crippen LogP contribution in [-0.4, -0.2) is 36.9 Å². The van der Waals surface area contributed by atoms with Crippen molar-refractivity contribution in [3.05, 3.63) is 59.9 Å². The molecule has 0 aliphatic carbocycles. The zero-order chi connectivity index (χ0) is 18.4. The molecule has 2 aromatic carbocycles. The number of ether oxygens (including phenoxy) is 1. The minimum atomic E-state index is -3.00. The fourth-order valence-corrected chi connectivity index (χ4v) is 2.05. The molecule has 132 valence electrons. The maximum Gasteiger partial charge on any atom is 0.387 e. The summed E-state index contributed by atoms with van der Waals surface area (Å²) in [5.74, 6) is -1.60. The molecule has 8 heteroatoms. The topological polar surface area (TPSA) is 58.6 Å². The predicted molar refractivity (Wildman–Crippen MR) is 85.1 cm³/mol. The molecule has 0 atom stereocenters. The molecule has 0 heterocycles. The summed E-state index contributed by atoms with van der Waals surface area (Å²) in [6, 6.07) is 10.5. The molecule has 0 spiro atoms. The maximum atomic E-state index is 12.8. The molecular weight excluding hydrogens is 337 g/mol. The van der Waals surface area contributed by atoms with Crippen LogP contribution in [0.2, 0.25) is 0 Å². The van der Waals surface area contributed by atoms with Crippen LogP contribution < -0.4 is 10.1 Å². The van der Waals surface area contributed by atoms with Crippen molar-refractivity contribution in [2.45, 2.75) is 6.61 Å². The SMILES string of the molecule is CN(CC(=O)Nc1ccc(F)cc1)C(=O)c1cccc(OC(F)F)c1. The highest BCUT2D eigenvalue weighted by atomic mass is 19.3. The number of alkyl halides is 2. The smallest absolute Gasteiger partial charge is 0.387 e. The van der Waals surface area contributed by atoms with Gasteiger partial charge in [-0.05, 0) is 42.5 Å². The number of anilines is 1. The zero-order valence-corrected chi connectivity index (χ0v) is 13.2. The summed E-state index contributed by atoms with van der Waals surface area (Å²) >= 11 is 0. The first-order chi connectivity index (χ1) is 11.8. The van der Waals surface area contributed by atoms with Crippen molar-refractivity contribution < 1.29 is 27.5 Å². The van der Waals surface area contributed by atoms with Crippen molar-refractivity contribution in [1.82, 2.24) is 4.90 Å². The van der Waals surface area contributed by atoms with Gasteiger partial charge in [0.1, 0.15) is 11.6 Å². The van der Waals surface area contributed by atoms with E-state index in [-0.39, 0.29) is 17.9 Å². The summed E-state index contributed by atoms with van der Waals surface area (Å²) in [7, 11) is 1.40. The van der Waals surface area contributed by atoms with E-state index in [0.29, 0.717) is 5.69 Å². The predicted octanol–water partition coefficient (Wildman–Crippen LogP) is 3.14. The third-order valence-electron chi connectivity index (χ3n) is 3.16. The van der Waals surface area contributed by atoms with Gasteiger partial charge in [0.05, 0.1) is 6.54 Å². The van der Waals surface area contributed by atoms with Gasteiger partial charge in [-0.15, -0.1) is 0 Å². The van der Waals surface area contributed by atoms with Crippen LogP contribution in [0.1, 0.15) is 10.4 Å². The van der Waals surface area contributed by atoms with E-state index in [2.05, 4.69) is 10.1 Å². The van der Waals surface area contributed by atoms with Gasteiger partial charge in [-0.1, -0.05) is 6.07 Å². The van der Waals surface area contributed by atoms with Crippen molar-refractivity contribution in [3.63, 3.8) is 0 Å². The molecule has 2 amide bonds. The number of likely N-dealkylation sites (N-methyl/N-ethyl adjacent to an activating group) is 1. The summed E-state index contributed by atoms with van der Waals surface area (Å²) in [6.45, 7) is -3.26. The van der Waals surface area contributed by atoms with Gasteiger partial charge in [0.25, 0.3) is 5.91 Å². The van der Waals surface area contributed by atoms with Gasteiger partial charge in [0.2, 0.25) is 5.91 Å². The Balaban J connectivity index is 1.97. The Bertz CT molecular complexity index is 751. The van der Waals surface area contributed by atoms with Gasteiger partial charge in [-0.3, -0.25) is 9.59 Å². The number of amides is 2. The van der Waals surface area contributed by atoms with Crippen molar-refractivity contribution in [2.75, 3.05) is 18.9 Å². The number of carbonyl (C=O) groups excluding carboxylic acids is 2. The lowest BCUT2D eigenvalue weighted by Crippen LogP contribution is -2.34. The highest BCUT2D eigenvalue weighted by Gasteiger charge is 2.16. The van der Waals surface area contributed by atoms with Gasteiger partial charge >= 0.3 is 6.61 Å². The van der Waals surface area contributed by atoms with E-state index in [1.807, 2.05) is 0 Å². The molecule has 1 N–H and O–H groups in total. The molecule has 0 unspecified atom stereocenters. The standard InChI is InChI=1S/C17H15F3N2O3/c1-22(10-15(23)21-13-7-5-12(18)6-8-13)16(24)11-3-2-4-14(9-11)25-17(19)20/h2-9,17H,10H2,1H3,(H,21,23). The summed E-state index contributed by atoms with van der Waals surface area (Å²) in [5.41, 5.74) is 0.495. The Morgan fingerprint density at radius 2 is 1.84 bits per heavy atom. The van der Waals surface area contributed by atoms with E-state index in [9.17, 15) is 22.8 Å². The van der Waals surface area contributed by atoms with Crippen molar-refractivity contribution in [3.8, 4) is 5.75 Å². The number of halogens is 3. The van der Waals surface area contributed by atoms with Crippen LogP contribution >= 0.6 is 0 Å². The number of benzene rings is 2. The molecule has 2 rings (SSSR count). The van der Waals surface area contributed by atoms with Crippen molar-refractivity contribution in [2.24, 2.45) is 0 Å². The fourth-order valence-electron chi connectivity index (χ4n) is 2.05. The molecular formula is C17H15F3N2O3. The van der Waals surface area contributed by atoms with E-state index < -0.39 is 24.2 Å². The molecule has 0 aliphatic heterocycles. The second kappa shape index (κ2) is 8.18. The average molecular weight is 352 g/mol. The summed E-state index contributed by atoms with van der Waals surface area (Å²) in [4.78, 5) is 25.3. The molecule has 25 heavy (non-hydrogen) atoms. The van der Waals surface area contributed by atoms with Crippen LogP contribution in [0, 0.1) is 5.82 Å². The summed E-state index contributed by atoms with van der Waals surface area (Å²) in [5, 5.41) is 2.52. The number of hydrogen-bond acceptors (Lipinski definition) is 3. The molecule has 0 aromatic heterocycles. The molecule has 5 nitrogen and oxygen atoms in total. The lowest BCUT2D eigenvalue weighted by Gasteiger charge is -2.17. The van der Waals surface area contributed by atoms with Gasteiger partial charge < -0.3 is 15.0 Å². The van der Waals surface area contributed by atoms with Crippen LogP contribution in [0.25, 0.3) is 0 Å². The van der Waals surface area contributed by atoms with Gasteiger partial charge in [-0.25, -0.2) is 4.39 Å². The highest BCUT2D eigenvalue weighted by molar-refractivity contribution is 5.99. The third kappa shape index (κ3) is 5.52. The number of hydrogen-bond donors (Lipinski definition) is 1. The normalized spacial score (nSPS) is 10.4. The Hall–Kier alpha value is -3.03. The summed E-state index contributed by atoms with van der Waals surface area (Å²) < 4.78 is 41.5. The molecule has 0 radical (unpaired) electrons. The first-order valence-corrected chi connectivity index (χ1v) is 7.21. The average Bonchev–Trinajstić information content (AvgIpc) is 2.55. The third-order valence-corrected chi connectivity index (χ3v) is 3.16.